The molecule has 0 unspecified atom stereocenters. The molecule has 0 spiro atoms. The quantitative estimate of drug-likeness (QED) is 0.219. The summed E-state index contributed by atoms with van der Waals surface area (Å²) in [7, 11) is 1.53. The summed E-state index contributed by atoms with van der Waals surface area (Å²) in [6.45, 7) is 2.88. The average molecular weight is 535 g/mol. The molecule has 0 saturated carbocycles. The minimum absolute atomic E-state index is 0. The van der Waals surface area contributed by atoms with E-state index in [4.69, 9.17) is 0 Å². The van der Waals surface area contributed by atoms with Crippen LogP contribution in [0.2, 0.25) is 0 Å². The third kappa shape index (κ3) is 5.61. The Balaban J connectivity index is 0.00000320. The number of aromatic nitrogens is 2. The number of hydrogen-bond donors (Lipinski definition) is 2. The van der Waals surface area contributed by atoms with Crippen molar-refractivity contribution in [2.45, 2.75) is 26.2 Å². The van der Waals surface area contributed by atoms with E-state index in [9.17, 15) is 17.6 Å². The average Bonchev–Trinajstić information content (AvgIpc) is 2.99. The fraction of sp³-hybridized carbons (Fsp3) is 0.300. The maximum absolute atomic E-state index is 13.2. The van der Waals surface area contributed by atoms with Crippen molar-refractivity contribution in [2.24, 2.45) is 4.99 Å². The Morgan fingerprint density at radius 1 is 1.13 bits per heavy atom. The van der Waals surface area contributed by atoms with Gasteiger partial charge in [-0.2, -0.15) is 13.2 Å². The van der Waals surface area contributed by atoms with Gasteiger partial charge >= 0.3 is 6.18 Å². The van der Waals surface area contributed by atoms with E-state index in [1.807, 2.05) is 31.2 Å². The van der Waals surface area contributed by atoms with E-state index in [0.29, 0.717) is 25.1 Å². The summed E-state index contributed by atoms with van der Waals surface area (Å²) in [5.74, 6) is 0.299. The van der Waals surface area contributed by atoms with E-state index in [2.05, 4.69) is 25.2 Å². The summed E-state index contributed by atoms with van der Waals surface area (Å²) in [5.41, 5.74) is 0.860. The van der Waals surface area contributed by atoms with E-state index < -0.39 is 17.6 Å². The van der Waals surface area contributed by atoms with Gasteiger partial charge in [-0.05, 0) is 36.8 Å². The number of rotatable bonds is 5. The third-order valence-electron chi connectivity index (χ3n) is 4.52. The van der Waals surface area contributed by atoms with Crippen LogP contribution in [0.3, 0.4) is 0 Å². The standard InChI is InChI=1S/C20H21F4N5.HI/c1-13-28-17-5-3-4-6-18(17)29(13)10-9-26-19(25-2)27-12-14-7-8-15(21)11-16(14)20(22,23)24;/h3-8,11H,9-10,12H2,1-2H3,(H2,25,26,27);1H. The Kier molecular flexibility index (Phi) is 8.04. The van der Waals surface area contributed by atoms with E-state index in [-0.39, 0.29) is 36.1 Å². The summed E-state index contributed by atoms with van der Waals surface area (Å²) < 4.78 is 54.6. The van der Waals surface area contributed by atoms with Gasteiger partial charge in [0.15, 0.2) is 5.96 Å². The second-order valence-electron chi connectivity index (χ2n) is 6.45. The van der Waals surface area contributed by atoms with E-state index >= 15 is 0 Å². The summed E-state index contributed by atoms with van der Waals surface area (Å²) >= 11 is 0. The molecule has 3 rings (SSSR count). The second kappa shape index (κ2) is 10.1. The Morgan fingerprint density at radius 2 is 1.87 bits per heavy atom. The molecule has 10 heteroatoms. The second-order valence-corrected chi connectivity index (χ2v) is 6.45. The molecule has 0 aliphatic rings. The number of nitrogens with one attached hydrogen (secondary N) is 2. The fourth-order valence-corrected chi connectivity index (χ4v) is 3.13. The van der Waals surface area contributed by atoms with Gasteiger partial charge in [-0.25, -0.2) is 9.37 Å². The number of benzene rings is 2. The van der Waals surface area contributed by atoms with Crippen LogP contribution in [0.1, 0.15) is 17.0 Å². The van der Waals surface area contributed by atoms with Gasteiger partial charge in [0, 0.05) is 26.7 Å². The minimum atomic E-state index is -4.63. The molecule has 0 aliphatic carbocycles. The molecule has 0 fully saturated rings. The number of fused-ring (bicyclic) bond motifs is 1. The van der Waals surface area contributed by atoms with Crippen molar-refractivity contribution >= 4 is 41.0 Å². The number of nitrogens with zero attached hydrogens (tertiary/aromatic N) is 3. The van der Waals surface area contributed by atoms with Crippen LogP contribution in [-0.2, 0) is 19.3 Å². The Hall–Kier alpha value is -2.37. The lowest BCUT2D eigenvalue weighted by Crippen LogP contribution is -2.38. The highest BCUT2D eigenvalue weighted by Gasteiger charge is 2.33. The molecule has 5 nitrogen and oxygen atoms in total. The zero-order valence-corrected chi connectivity index (χ0v) is 18.8. The van der Waals surface area contributed by atoms with Gasteiger partial charge in [0.2, 0.25) is 0 Å². The van der Waals surface area contributed by atoms with Crippen LogP contribution in [0.15, 0.2) is 47.5 Å². The fourth-order valence-electron chi connectivity index (χ4n) is 3.13. The normalized spacial score (nSPS) is 12.0. The van der Waals surface area contributed by atoms with E-state index in [1.54, 1.807) is 0 Å². The molecule has 0 aliphatic heterocycles. The number of alkyl halides is 3. The van der Waals surface area contributed by atoms with Gasteiger partial charge in [0.05, 0.1) is 16.6 Å². The molecule has 0 radical (unpaired) electrons. The predicted octanol–water partition coefficient (Wildman–Crippen LogP) is 4.49. The predicted molar refractivity (Wildman–Crippen MR) is 119 cm³/mol. The first kappa shape index (κ1) is 23.9. The molecule has 0 saturated heterocycles. The van der Waals surface area contributed by atoms with Crippen molar-refractivity contribution in [3.8, 4) is 0 Å². The molecule has 1 aromatic heterocycles. The summed E-state index contributed by atoms with van der Waals surface area (Å²) in [6, 6.07) is 10.4. The van der Waals surface area contributed by atoms with Crippen molar-refractivity contribution < 1.29 is 17.6 Å². The molecular weight excluding hydrogens is 513 g/mol. The largest absolute Gasteiger partial charge is 0.416 e. The highest BCUT2D eigenvalue weighted by Crippen LogP contribution is 2.32. The van der Waals surface area contributed by atoms with Crippen molar-refractivity contribution in [1.82, 2.24) is 20.2 Å². The molecular formula is C20H22F4IN5. The molecule has 3 aromatic rings. The van der Waals surface area contributed by atoms with Gasteiger partial charge in [-0.3, -0.25) is 4.99 Å². The van der Waals surface area contributed by atoms with Crippen molar-refractivity contribution in [1.29, 1.82) is 0 Å². The Bertz CT molecular complexity index is 1030. The zero-order chi connectivity index (χ0) is 21.0. The van der Waals surface area contributed by atoms with Crippen LogP contribution in [0.5, 0.6) is 0 Å². The summed E-state index contributed by atoms with van der Waals surface area (Å²) in [4.78, 5) is 8.53. The highest BCUT2D eigenvalue weighted by atomic mass is 127. The summed E-state index contributed by atoms with van der Waals surface area (Å²) in [5, 5.41) is 5.92. The lowest BCUT2D eigenvalue weighted by molar-refractivity contribution is -0.138. The number of guanidine groups is 1. The maximum atomic E-state index is 13.2. The molecule has 2 N–H and O–H groups in total. The monoisotopic (exact) mass is 535 g/mol. The van der Waals surface area contributed by atoms with E-state index in [0.717, 1.165) is 29.0 Å². The number of aliphatic imine (C=N–C) groups is 1. The first-order valence-electron chi connectivity index (χ1n) is 9.01. The van der Waals surface area contributed by atoms with Crippen molar-refractivity contribution in [2.75, 3.05) is 13.6 Å². The molecule has 162 valence electrons. The van der Waals surface area contributed by atoms with Crippen LogP contribution in [0.4, 0.5) is 17.6 Å². The molecule has 0 atom stereocenters. The van der Waals surface area contributed by atoms with Gasteiger partial charge in [0.25, 0.3) is 0 Å². The smallest absolute Gasteiger partial charge is 0.355 e. The molecule has 2 aromatic carbocycles. The Morgan fingerprint density at radius 3 is 2.57 bits per heavy atom. The number of hydrogen-bond acceptors (Lipinski definition) is 2. The summed E-state index contributed by atoms with van der Waals surface area (Å²) in [6.07, 6.45) is -4.63. The highest BCUT2D eigenvalue weighted by molar-refractivity contribution is 14.0. The van der Waals surface area contributed by atoms with Crippen LogP contribution < -0.4 is 10.6 Å². The molecule has 0 bridgehead atoms. The van der Waals surface area contributed by atoms with Crippen molar-refractivity contribution in [3.05, 3.63) is 65.2 Å². The lowest BCUT2D eigenvalue weighted by atomic mass is 10.1. The zero-order valence-electron chi connectivity index (χ0n) is 16.4. The van der Waals surface area contributed by atoms with Gasteiger partial charge in [-0.1, -0.05) is 18.2 Å². The molecule has 30 heavy (non-hydrogen) atoms. The molecule has 1 heterocycles. The molecule has 0 amide bonds. The first-order valence-corrected chi connectivity index (χ1v) is 9.01. The first-order chi connectivity index (χ1) is 13.8. The lowest BCUT2D eigenvalue weighted by Gasteiger charge is -2.16. The Labute approximate surface area is 188 Å². The van der Waals surface area contributed by atoms with E-state index in [1.165, 1.54) is 7.05 Å². The minimum Gasteiger partial charge on any atom is -0.355 e. The SMILES string of the molecule is CN=C(NCCn1c(C)nc2ccccc21)NCc1ccc(F)cc1C(F)(F)F.I. The number of para-hydroxylation sites is 2. The van der Waals surface area contributed by atoms with Gasteiger partial charge in [-0.15, -0.1) is 24.0 Å². The number of halogens is 5. The third-order valence-corrected chi connectivity index (χ3v) is 4.52. The topological polar surface area (TPSA) is 54.2 Å². The van der Waals surface area contributed by atoms with Gasteiger partial charge in [0.1, 0.15) is 11.6 Å². The van der Waals surface area contributed by atoms with Crippen LogP contribution in [-0.4, -0.2) is 29.1 Å². The van der Waals surface area contributed by atoms with Crippen LogP contribution >= 0.6 is 24.0 Å². The number of imidazole rings is 1. The van der Waals surface area contributed by atoms with Crippen LogP contribution in [0, 0.1) is 12.7 Å². The van der Waals surface area contributed by atoms with Gasteiger partial charge < -0.3 is 15.2 Å². The van der Waals surface area contributed by atoms with Crippen LogP contribution in [0.25, 0.3) is 11.0 Å². The maximum Gasteiger partial charge on any atom is 0.416 e. The van der Waals surface area contributed by atoms with Crippen molar-refractivity contribution in [3.63, 3.8) is 0 Å². The number of aryl methyl sites for hydroxylation is 1.